The van der Waals surface area contributed by atoms with Gasteiger partial charge in [0, 0.05) is 13.1 Å². The van der Waals surface area contributed by atoms with Gasteiger partial charge in [-0.15, -0.1) is 0 Å². The van der Waals surface area contributed by atoms with Crippen molar-refractivity contribution in [3.05, 3.63) is 0 Å². The summed E-state index contributed by atoms with van der Waals surface area (Å²) in [6, 6.07) is 0. The summed E-state index contributed by atoms with van der Waals surface area (Å²) < 4.78 is 10.4. The van der Waals surface area contributed by atoms with Crippen molar-refractivity contribution in [3.8, 4) is 0 Å². The Morgan fingerprint density at radius 3 is 2.65 bits per heavy atom. The van der Waals surface area contributed by atoms with E-state index in [0.717, 1.165) is 0 Å². The number of piperidine rings is 1. The Morgan fingerprint density at radius 2 is 2.18 bits per heavy atom. The second-order valence-electron chi connectivity index (χ2n) is 4.78. The monoisotopic (exact) mass is 241 g/mol. The fraction of sp³-hybridized carbons (Fsp3) is 0.833. The molecule has 5 heteroatoms. The molecule has 17 heavy (non-hydrogen) atoms. The van der Waals surface area contributed by atoms with Crippen LogP contribution in [0.3, 0.4) is 0 Å². The molecule has 2 aliphatic rings. The van der Waals surface area contributed by atoms with Crippen LogP contribution in [0.5, 0.6) is 0 Å². The summed E-state index contributed by atoms with van der Waals surface area (Å²) in [5, 5.41) is 0. The highest BCUT2D eigenvalue weighted by Crippen LogP contribution is 2.39. The number of rotatable bonds is 1. The lowest BCUT2D eigenvalue weighted by molar-refractivity contribution is -0.129. The maximum Gasteiger partial charge on any atom is 0.409 e. The molecule has 0 bridgehead atoms. The molecule has 0 aliphatic carbocycles. The Balaban J connectivity index is 1.94. The molecule has 1 amide bonds. The van der Waals surface area contributed by atoms with Gasteiger partial charge in [0.2, 0.25) is 0 Å². The minimum absolute atomic E-state index is 0.195. The summed E-state index contributed by atoms with van der Waals surface area (Å²) in [6.07, 6.45) is 0.815. The van der Waals surface area contributed by atoms with E-state index in [-0.39, 0.29) is 23.4 Å². The number of ether oxygens (including phenoxy) is 2. The van der Waals surface area contributed by atoms with Crippen LogP contribution < -0.4 is 0 Å². The van der Waals surface area contributed by atoms with E-state index in [2.05, 4.69) is 0 Å². The van der Waals surface area contributed by atoms with Crippen LogP contribution in [-0.2, 0) is 14.3 Å². The minimum atomic E-state index is -0.345. The number of carbonyl (C=O) groups is 2. The van der Waals surface area contributed by atoms with Gasteiger partial charge in [0.05, 0.1) is 18.6 Å². The molecule has 96 valence electrons. The second kappa shape index (κ2) is 4.64. The van der Waals surface area contributed by atoms with Gasteiger partial charge in [-0.1, -0.05) is 0 Å². The van der Waals surface area contributed by atoms with Crippen LogP contribution in [0.1, 0.15) is 26.7 Å². The quantitative estimate of drug-likeness (QED) is 0.692. The Hall–Kier alpha value is -1.10. The van der Waals surface area contributed by atoms with E-state index in [9.17, 15) is 9.59 Å². The Labute approximate surface area is 101 Å². The number of amides is 1. The number of carbonyl (C=O) groups excluding carboxylic acids is 2. The zero-order valence-electron chi connectivity index (χ0n) is 10.4. The first-order valence-corrected chi connectivity index (χ1v) is 6.17. The minimum Gasteiger partial charge on any atom is -0.450 e. The zero-order valence-corrected chi connectivity index (χ0v) is 10.4. The highest BCUT2D eigenvalue weighted by molar-refractivity contribution is 5.90. The van der Waals surface area contributed by atoms with Crippen molar-refractivity contribution in [2.45, 2.75) is 32.8 Å². The van der Waals surface area contributed by atoms with E-state index in [1.165, 1.54) is 0 Å². The van der Waals surface area contributed by atoms with Crippen molar-refractivity contribution in [2.24, 2.45) is 5.41 Å². The third-order valence-corrected chi connectivity index (χ3v) is 3.75. The van der Waals surface area contributed by atoms with Gasteiger partial charge >= 0.3 is 6.09 Å². The fourth-order valence-corrected chi connectivity index (χ4v) is 2.59. The predicted molar refractivity (Wildman–Crippen MR) is 60.7 cm³/mol. The molecule has 0 radical (unpaired) electrons. The Bertz CT molecular complexity index is 320. The summed E-state index contributed by atoms with van der Waals surface area (Å²) >= 11 is 0. The average molecular weight is 241 g/mol. The number of hydrogen-bond donors (Lipinski definition) is 0. The van der Waals surface area contributed by atoms with Gasteiger partial charge in [-0.05, 0) is 26.7 Å². The van der Waals surface area contributed by atoms with E-state index in [1.54, 1.807) is 18.7 Å². The van der Waals surface area contributed by atoms with Crippen LogP contribution in [0.4, 0.5) is 4.79 Å². The first-order valence-electron chi connectivity index (χ1n) is 6.17. The van der Waals surface area contributed by atoms with Crippen LogP contribution >= 0.6 is 0 Å². The maximum atomic E-state index is 12.0. The lowest BCUT2D eigenvalue weighted by Gasteiger charge is -2.36. The molecule has 0 aromatic heterocycles. The van der Waals surface area contributed by atoms with Crippen molar-refractivity contribution in [2.75, 3.05) is 26.3 Å². The number of likely N-dealkylation sites (tertiary alicyclic amines) is 1. The average Bonchev–Trinajstić information content (AvgIpc) is 2.60. The van der Waals surface area contributed by atoms with E-state index < -0.39 is 0 Å². The van der Waals surface area contributed by atoms with Gasteiger partial charge in [0.25, 0.3) is 0 Å². The molecule has 2 rings (SSSR count). The van der Waals surface area contributed by atoms with Crippen molar-refractivity contribution in [3.63, 3.8) is 0 Å². The van der Waals surface area contributed by atoms with Gasteiger partial charge in [-0.3, -0.25) is 4.79 Å². The zero-order chi connectivity index (χ0) is 12.5. The molecule has 0 N–H and O–H groups in total. The molecule has 5 nitrogen and oxygen atoms in total. The molecule has 2 saturated heterocycles. The molecule has 0 aromatic carbocycles. The highest BCUT2D eigenvalue weighted by atomic mass is 16.6. The SMILES string of the molecule is CCOC(=O)N1CCC2(CC1)COC(C)C2=O. The Morgan fingerprint density at radius 1 is 1.53 bits per heavy atom. The molecule has 0 saturated carbocycles. The van der Waals surface area contributed by atoms with Crippen molar-refractivity contribution < 1.29 is 19.1 Å². The topological polar surface area (TPSA) is 55.8 Å². The van der Waals surface area contributed by atoms with E-state index in [4.69, 9.17) is 9.47 Å². The van der Waals surface area contributed by atoms with Crippen LogP contribution in [-0.4, -0.2) is 49.2 Å². The first-order chi connectivity index (χ1) is 8.09. The molecule has 2 fully saturated rings. The number of Topliss-reactive ketones (excluding diaryl/α,β-unsaturated/α-hetero) is 1. The smallest absolute Gasteiger partial charge is 0.409 e. The van der Waals surface area contributed by atoms with E-state index >= 15 is 0 Å². The molecule has 1 atom stereocenters. The van der Waals surface area contributed by atoms with E-state index in [1.807, 2.05) is 0 Å². The lowest BCUT2D eigenvalue weighted by atomic mass is 9.76. The first kappa shape index (κ1) is 12.4. The van der Waals surface area contributed by atoms with Crippen molar-refractivity contribution >= 4 is 11.9 Å². The van der Waals surface area contributed by atoms with E-state index in [0.29, 0.717) is 39.1 Å². The van der Waals surface area contributed by atoms with Gasteiger partial charge in [0.1, 0.15) is 6.10 Å². The predicted octanol–water partition coefficient (Wildman–Crippen LogP) is 1.21. The molecule has 0 aromatic rings. The maximum absolute atomic E-state index is 12.0. The molecular formula is C12H19NO4. The highest BCUT2D eigenvalue weighted by Gasteiger charge is 2.49. The number of nitrogens with zero attached hydrogens (tertiary/aromatic N) is 1. The molecule has 2 aliphatic heterocycles. The van der Waals surface area contributed by atoms with Gasteiger partial charge in [0.15, 0.2) is 5.78 Å². The lowest BCUT2D eigenvalue weighted by Crippen LogP contribution is -2.47. The number of hydrogen-bond acceptors (Lipinski definition) is 4. The number of ketones is 1. The summed E-state index contributed by atoms with van der Waals surface area (Å²) in [4.78, 5) is 25.2. The van der Waals surface area contributed by atoms with Gasteiger partial charge in [-0.2, -0.15) is 0 Å². The summed E-state index contributed by atoms with van der Waals surface area (Å²) in [6.45, 7) is 5.65. The van der Waals surface area contributed by atoms with Crippen molar-refractivity contribution in [1.29, 1.82) is 0 Å². The third kappa shape index (κ3) is 2.16. The third-order valence-electron chi connectivity index (χ3n) is 3.75. The Kier molecular flexibility index (Phi) is 3.38. The summed E-state index contributed by atoms with van der Waals surface area (Å²) in [7, 11) is 0. The molecule has 1 unspecified atom stereocenters. The summed E-state index contributed by atoms with van der Waals surface area (Å²) in [5.41, 5.74) is -0.345. The van der Waals surface area contributed by atoms with Crippen LogP contribution in [0, 0.1) is 5.41 Å². The summed E-state index contributed by atoms with van der Waals surface area (Å²) in [5.74, 6) is 0.195. The standard InChI is InChI=1S/C12H19NO4/c1-3-16-11(15)13-6-4-12(5-7-13)8-17-9(2)10(12)14/h9H,3-8H2,1-2H3. The molecule has 2 heterocycles. The van der Waals surface area contributed by atoms with Crippen LogP contribution in [0.25, 0.3) is 0 Å². The van der Waals surface area contributed by atoms with Crippen molar-refractivity contribution in [1.82, 2.24) is 4.90 Å². The molecular weight excluding hydrogens is 222 g/mol. The second-order valence-corrected chi connectivity index (χ2v) is 4.78. The normalized spacial score (nSPS) is 27.5. The fourth-order valence-electron chi connectivity index (χ4n) is 2.59. The van der Waals surface area contributed by atoms with Crippen LogP contribution in [0.15, 0.2) is 0 Å². The largest absolute Gasteiger partial charge is 0.450 e. The van der Waals surface area contributed by atoms with Gasteiger partial charge in [-0.25, -0.2) is 4.79 Å². The van der Waals surface area contributed by atoms with Crippen LogP contribution in [0.2, 0.25) is 0 Å². The molecule has 1 spiro atoms. The van der Waals surface area contributed by atoms with Gasteiger partial charge < -0.3 is 14.4 Å².